The second kappa shape index (κ2) is 3.13. The Bertz CT molecular complexity index is 476. The van der Waals surface area contributed by atoms with Crippen LogP contribution in [0.3, 0.4) is 0 Å². The molecule has 0 amide bonds. The summed E-state index contributed by atoms with van der Waals surface area (Å²) in [4.78, 5) is 10.2. The van der Waals surface area contributed by atoms with E-state index >= 15 is 0 Å². The van der Waals surface area contributed by atoms with Gasteiger partial charge in [-0.05, 0) is 6.07 Å². The van der Waals surface area contributed by atoms with Crippen molar-refractivity contribution in [2.75, 3.05) is 0 Å². The van der Waals surface area contributed by atoms with Crippen LogP contribution in [0.5, 0.6) is 0 Å². The molecule has 0 aliphatic heterocycles. The number of hydrogen-bond donors (Lipinski definition) is 0. The molecule has 0 N–H and O–H groups in total. The van der Waals surface area contributed by atoms with Gasteiger partial charge in [-0.1, -0.05) is 18.2 Å². The van der Waals surface area contributed by atoms with E-state index in [4.69, 9.17) is 0 Å². The number of halogens is 2. The lowest BCUT2D eigenvalue weighted by Gasteiger charge is -2.06. The number of rotatable bonds is 2. The number of aldehydes is 1. The summed E-state index contributed by atoms with van der Waals surface area (Å²) in [5.74, 6) is -3.38. The van der Waals surface area contributed by atoms with Crippen LogP contribution in [0.25, 0.3) is 10.1 Å². The van der Waals surface area contributed by atoms with Crippen LogP contribution in [-0.4, -0.2) is 6.29 Å². The Kier molecular flexibility index (Phi) is 2.07. The maximum Gasteiger partial charge on any atom is 0.329 e. The maximum atomic E-state index is 13.1. The van der Waals surface area contributed by atoms with Gasteiger partial charge in [0.15, 0.2) is 6.29 Å². The number of thiophene rings is 1. The largest absolute Gasteiger partial charge is 0.329 e. The minimum absolute atomic E-state index is 0.201. The molecule has 1 aromatic carbocycles. The van der Waals surface area contributed by atoms with E-state index in [1.807, 2.05) is 0 Å². The highest BCUT2D eigenvalue weighted by Gasteiger charge is 2.33. The SMILES string of the molecule is O=CC(F)(F)c1csc2ccccc12. The summed E-state index contributed by atoms with van der Waals surface area (Å²) in [7, 11) is 0. The Balaban J connectivity index is 2.70. The molecule has 2 aromatic rings. The fraction of sp³-hybridized carbons (Fsp3) is 0.100. The van der Waals surface area contributed by atoms with Crippen LogP contribution in [0.1, 0.15) is 5.56 Å². The summed E-state index contributed by atoms with van der Waals surface area (Å²) in [6, 6.07) is 6.81. The van der Waals surface area contributed by atoms with Crippen molar-refractivity contribution < 1.29 is 13.6 Å². The highest BCUT2D eigenvalue weighted by molar-refractivity contribution is 7.17. The molecule has 72 valence electrons. The van der Waals surface area contributed by atoms with Crippen molar-refractivity contribution in [1.29, 1.82) is 0 Å². The van der Waals surface area contributed by atoms with Crippen LogP contribution in [0.2, 0.25) is 0 Å². The summed E-state index contributed by atoms with van der Waals surface area (Å²) in [6.07, 6.45) is -0.318. The molecule has 0 saturated heterocycles. The number of hydrogen-bond acceptors (Lipinski definition) is 2. The molecule has 1 heterocycles. The van der Waals surface area contributed by atoms with E-state index in [1.54, 1.807) is 24.3 Å². The number of benzene rings is 1. The Hall–Kier alpha value is -1.29. The average molecular weight is 212 g/mol. The van der Waals surface area contributed by atoms with Crippen LogP contribution in [0.4, 0.5) is 8.78 Å². The van der Waals surface area contributed by atoms with Gasteiger partial charge in [0.1, 0.15) is 0 Å². The molecule has 4 heteroatoms. The van der Waals surface area contributed by atoms with Crippen LogP contribution in [-0.2, 0) is 10.7 Å². The third-order valence-electron chi connectivity index (χ3n) is 1.99. The van der Waals surface area contributed by atoms with Crippen molar-refractivity contribution in [2.24, 2.45) is 0 Å². The van der Waals surface area contributed by atoms with E-state index in [0.29, 0.717) is 5.39 Å². The third kappa shape index (κ3) is 1.32. The molecular formula is C10H6F2OS. The lowest BCUT2D eigenvalue weighted by molar-refractivity contribution is -0.130. The fourth-order valence-electron chi connectivity index (χ4n) is 1.30. The predicted molar refractivity (Wildman–Crippen MR) is 51.8 cm³/mol. The van der Waals surface area contributed by atoms with Crippen LogP contribution < -0.4 is 0 Å². The molecule has 0 radical (unpaired) electrons. The van der Waals surface area contributed by atoms with E-state index in [1.165, 1.54) is 16.7 Å². The first-order chi connectivity index (χ1) is 6.65. The smallest absolute Gasteiger partial charge is 0.296 e. The maximum absolute atomic E-state index is 13.1. The Labute approximate surface area is 83.0 Å². The van der Waals surface area contributed by atoms with Gasteiger partial charge in [-0.2, -0.15) is 8.78 Å². The highest BCUT2D eigenvalue weighted by atomic mass is 32.1. The van der Waals surface area contributed by atoms with Crippen molar-refractivity contribution >= 4 is 27.7 Å². The average Bonchev–Trinajstić information content (AvgIpc) is 2.61. The van der Waals surface area contributed by atoms with E-state index in [9.17, 15) is 13.6 Å². The molecule has 0 spiro atoms. The molecule has 0 atom stereocenters. The Morgan fingerprint density at radius 2 is 2.00 bits per heavy atom. The molecule has 1 nitrogen and oxygen atoms in total. The fourth-order valence-corrected chi connectivity index (χ4v) is 2.29. The summed E-state index contributed by atoms with van der Waals surface area (Å²) < 4.78 is 26.9. The third-order valence-corrected chi connectivity index (χ3v) is 2.95. The molecule has 0 bridgehead atoms. The van der Waals surface area contributed by atoms with Gasteiger partial charge >= 0.3 is 5.92 Å². The second-order valence-corrected chi connectivity index (χ2v) is 3.80. The van der Waals surface area contributed by atoms with Gasteiger partial charge in [-0.3, -0.25) is 4.79 Å². The van der Waals surface area contributed by atoms with Gasteiger partial charge in [0.05, 0.1) is 0 Å². The first-order valence-corrected chi connectivity index (χ1v) is 4.84. The van der Waals surface area contributed by atoms with E-state index in [-0.39, 0.29) is 11.8 Å². The van der Waals surface area contributed by atoms with Gasteiger partial charge < -0.3 is 0 Å². The molecule has 0 fully saturated rings. The standard InChI is InChI=1S/C10H6F2OS/c11-10(12,6-13)8-5-14-9-4-2-1-3-7(8)9/h1-6H. The predicted octanol–water partition coefficient (Wildman–Crippen LogP) is 3.19. The van der Waals surface area contributed by atoms with Gasteiger partial charge in [0.25, 0.3) is 0 Å². The van der Waals surface area contributed by atoms with E-state index < -0.39 is 5.92 Å². The number of carbonyl (C=O) groups is 1. The van der Waals surface area contributed by atoms with Crippen molar-refractivity contribution in [3.05, 3.63) is 35.2 Å². The Morgan fingerprint density at radius 1 is 1.29 bits per heavy atom. The van der Waals surface area contributed by atoms with E-state index in [2.05, 4.69) is 0 Å². The molecule has 0 saturated carbocycles. The zero-order chi connectivity index (χ0) is 10.2. The normalized spacial score (nSPS) is 11.9. The molecule has 2 rings (SSSR count). The minimum atomic E-state index is -3.38. The monoisotopic (exact) mass is 212 g/mol. The van der Waals surface area contributed by atoms with E-state index in [0.717, 1.165) is 4.70 Å². The summed E-state index contributed by atoms with van der Waals surface area (Å²) in [5.41, 5.74) is -0.201. The molecule has 0 aliphatic rings. The highest BCUT2D eigenvalue weighted by Crippen LogP contribution is 2.35. The molecule has 0 aliphatic carbocycles. The minimum Gasteiger partial charge on any atom is -0.296 e. The summed E-state index contributed by atoms with van der Waals surface area (Å²) >= 11 is 1.22. The van der Waals surface area contributed by atoms with Crippen LogP contribution in [0, 0.1) is 0 Å². The summed E-state index contributed by atoms with van der Waals surface area (Å²) in [5, 5.41) is 1.79. The lowest BCUT2D eigenvalue weighted by atomic mass is 10.1. The second-order valence-electron chi connectivity index (χ2n) is 2.89. The number of fused-ring (bicyclic) bond motifs is 1. The van der Waals surface area contributed by atoms with Gasteiger partial charge in [-0.25, -0.2) is 0 Å². The van der Waals surface area contributed by atoms with Crippen molar-refractivity contribution in [1.82, 2.24) is 0 Å². The van der Waals surface area contributed by atoms with Crippen molar-refractivity contribution in [3.8, 4) is 0 Å². The molecular weight excluding hydrogens is 206 g/mol. The number of alkyl halides is 2. The Morgan fingerprint density at radius 3 is 2.71 bits per heavy atom. The van der Waals surface area contributed by atoms with Gasteiger partial charge in [-0.15, -0.1) is 11.3 Å². The summed E-state index contributed by atoms with van der Waals surface area (Å²) in [6.45, 7) is 0. The van der Waals surface area contributed by atoms with Crippen molar-refractivity contribution in [3.63, 3.8) is 0 Å². The topological polar surface area (TPSA) is 17.1 Å². The first kappa shape index (κ1) is 9.27. The van der Waals surface area contributed by atoms with Crippen LogP contribution >= 0.6 is 11.3 Å². The van der Waals surface area contributed by atoms with Crippen molar-refractivity contribution in [2.45, 2.75) is 5.92 Å². The zero-order valence-corrected chi connectivity index (χ0v) is 7.85. The lowest BCUT2D eigenvalue weighted by Crippen LogP contribution is -2.13. The quantitative estimate of drug-likeness (QED) is 0.699. The molecule has 1 aromatic heterocycles. The molecule has 14 heavy (non-hydrogen) atoms. The van der Waals surface area contributed by atoms with Gasteiger partial charge in [0, 0.05) is 21.0 Å². The zero-order valence-electron chi connectivity index (χ0n) is 7.04. The van der Waals surface area contributed by atoms with Crippen LogP contribution in [0.15, 0.2) is 29.6 Å². The first-order valence-electron chi connectivity index (χ1n) is 3.96. The molecule has 0 unspecified atom stereocenters. The number of carbonyl (C=O) groups excluding carboxylic acids is 1. The van der Waals surface area contributed by atoms with Gasteiger partial charge in [0.2, 0.25) is 0 Å².